The average molecular weight is 388 g/mol. The van der Waals surface area contributed by atoms with E-state index in [4.69, 9.17) is 19.9 Å². The predicted octanol–water partition coefficient (Wildman–Crippen LogP) is 1.79. The smallest absolute Gasteiger partial charge is 0.347 e. The van der Waals surface area contributed by atoms with Crippen LogP contribution < -0.4 is 20.6 Å². The van der Waals surface area contributed by atoms with Gasteiger partial charge in [-0.05, 0) is 41.9 Å². The Bertz CT molecular complexity index is 606. The Labute approximate surface area is 142 Å². The van der Waals surface area contributed by atoms with Gasteiger partial charge >= 0.3 is 12.0 Å². The zero-order valence-corrected chi connectivity index (χ0v) is 14.5. The normalized spacial score (nSPS) is 11.8. The van der Waals surface area contributed by atoms with E-state index in [0.717, 1.165) is 0 Å². The van der Waals surface area contributed by atoms with Crippen LogP contribution in [0, 0.1) is 0 Å². The first kappa shape index (κ1) is 18.8. The molecule has 0 radical (unpaired) electrons. The quantitative estimate of drug-likeness (QED) is 0.420. The van der Waals surface area contributed by atoms with Crippen molar-refractivity contribution in [3.63, 3.8) is 0 Å². The van der Waals surface area contributed by atoms with E-state index < -0.39 is 18.1 Å². The number of ether oxygens (including phenoxy) is 3. The molecule has 9 heteroatoms. The number of benzene rings is 1. The minimum atomic E-state index is -0.785. The summed E-state index contributed by atoms with van der Waals surface area (Å²) < 4.78 is 16.3. The number of esters is 1. The van der Waals surface area contributed by atoms with Crippen LogP contribution in [0.3, 0.4) is 0 Å². The van der Waals surface area contributed by atoms with Gasteiger partial charge in [-0.25, -0.2) is 15.0 Å². The molecule has 23 heavy (non-hydrogen) atoms. The zero-order chi connectivity index (χ0) is 17.4. The van der Waals surface area contributed by atoms with Gasteiger partial charge in [-0.1, -0.05) is 0 Å². The maximum atomic E-state index is 11.6. The van der Waals surface area contributed by atoms with Crippen LogP contribution in [0.5, 0.6) is 11.5 Å². The number of carbonyl (C=O) groups is 2. The molecule has 0 fully saturated rings. The van der Waals surface area contributed by atoms with E-state index in [-0.39, 0.29) is 6.61 Å². The van der Waals surface area contributed by atoms with Crippen LogP contribution in [0.25, 0.3) is 0 Å². The number of nitrogens with two attached hydrogens (primary N) is 1. The van der Waals surface area contributed by atoms with E-state index >= 15 is 0 Å². The molecule has 2 amide bonds. The summed E-state index contributed by atoms with van der Waals surface area (Å²) in [6.45, 7) is 3.57. The monoisotopic (exact) mass is 387 g/mol. The lowest BCUT2D eigenvalue weighted by molar-refractivity contribution is -0.150. The fourth-order valence-corrected chi connectivity index (χ4v) is 1.99. The van der Waals surface area contributed by atoms with Crippen LogP contribution >= 0.6 is 15.9 Å². The number of urea groups is 1. The molecule has 0 saturated heterocycles. The lowest BCUT2D eigenvalue weighted by Crippen LogP contribution is -2.26. The number of primary amides is 1. The molecule has 1 rings (SSSR count). The molecule has 0 aliphatic carbocycles. The largest absolute Gasteiger partial charge is 0.493 e. The third-order valence-electron chi connectivity index (χ3n) is 2.58. The lowest BCUT2D eigenvalue weighted by atomic mass is 10.2. The first-order valence-electron chi connectivity index (χ1n) is 6.68. The van der Waals surface area contributed by atoms with Crippen molar-refractivity contribution in [2.45, 2.75) is 20.0 Å². The van der Waals surface area contributed by atoms with Crippen LogP contribution in [0.1, 0.15) is 19.4 Å². The number of hydrogen-bond donors (Lipinski definition) is 2. The summed E-state index contributed by atoms with van der Waals surface area (Å²) in [7, 11) is 1.47. The fourth-order valence-electron chi connectivity index (χ4n) is 1.57. The summed E-state index contributed by atoms with van der Waals surface area (Å²) in [6.07, 6.45) is 0.599. The van der Waals surface area contributed by atoms with Gasteiger partial charge in [0.15, 0.2) is 17.6 Å². The van der Waals surface area contributed by atoms with Crippen LogP contribution in [-0.4, -0.2) is 38.0 Å². The molecule has 0 saturated carbocycles. The predicted molar refractivity (Wildman–Crippen MR) is 87.7 cm³/mol. The van der Waals surface area contributed by atoms with E-state index in [0.29, 0.717) is 21.5 Å². The van der Waals surface area contributed by atoms with Crippen LogP contribution in [0.15, 0.2) is 21.7 Å². The number of rotatable bonds is 7. The Morgan fingerprint density at radius 1 is 1.43 bits per heavy atom. The van der Waals surface area contributed by atoms with Gasteiger partial charge in [0.25, 0.3) is 0 Å². The molecule has 0 aromatic heterocycles. The molecule has 126 valence electrons. The Kier molecular flexibility index (Phi) is 7.33. The highest BCUT2D eigenvalue weighted by Crippen LogP contribution is 2.33. The number of hydrogen-bond acceptors (Lipinski definition) is 6. The Balaban J connectivity index is 2.97. The van der Waals surface area contributed by atoms with Crippen molar-refractivity contribution in [3.8, 4) is 11.5 Å². The van der Waals surface area contributed by atoms with Crippen LogP contribution in [0.4, 0.5) is 4.79 Å². The van der Waals surface area contributed by atoms with E-state index in [2.05, 4.69) is 26.5 Å². The SMILES string of the molecule is CCOC(=O)C(C)Oc1cc(Br)c(C=NNC(N)=O)cc1OC. The van der Waals surface area contributed by atoms with Crippen molar-refractivity contribution in [1.82, 2.24) is 5.43 Å². The molecule has 0 spiro atoms. The molecule has 0 heterocycles. The summed E-state index contributed by atoms with van der Waals surface area (Å²) in [4.78, 5) is 22.2. The molecule has 8 nitrogen and oxygen atoms in total. The van der Waals surface area contributed by atoms with Crippen molar-refractivity contribution < 1.29 is 23.8 Å². The van der Waals surface area contributed by atoms with Gasteiger partial charge in [0, 0.05) is 10.0 Å². The second-order valence-corrected chi connectivity index (χ2v) is 5.13. The number of halogens is 1. The maximum Gasteiger partial charge on any atom is 0.347 e. The molecule has 1 aromatic rings. The van der Waals surface area contributed by atoms with Crippen molar-refractivity contribution in [1.29, 1.82) is 0 Å². The molecule has 3 N–H and O–H groups in total. The van der Waals surface area contributed by atoms with Gasteiger partial charge in [0.1, 0.15) is 0 Å². The maximum absolute atomic E-state index is 11.6. The molecule has 0 aliphatic rings. The topological polar surface area (TPSA) is 112 Å². The second-order valence-electron chi connectivity index (χ2n) is 4.27. The fraction of sp³-hybridized carbons (Fsp3) is 0.357. The third-order valence-corrected chi connectivity index (χ3v) is 3.27. The van der Waals surface area contributed by atoms with Gasteiger partial charge in [-0.15, -0.1) is 0 Å². The van der Waals surface area contributed by atoms with Gasteiger partial charge < -0.3 is 19.9 Å². The number of methoxy groups -OCH3 is 1. The molecule has 1 atom stereocenters. The highest BCUT2D eigenvalue weighted by Gasteiger charge is 2.19. The zero-order valence-electron chi connectivity index (χ0n) is 13.0. The summed E-state index contributed by atoms with van der Waals surface area (Å²) in [5.41, 5.74) is 7.62. The van der Waals surface area contributed by atoms with E-state index in [9.17, 15) is 9.59 Å². The molecular formula is C14H18BrN3O5. The molecule has 1 aromatic carbocycles. The van der Waals surface area contributed by atoms with Gasteiger partial charge in [-0.3, -0.25) is 0 Å². The van der Waals surface area contributed by atoms with Crippen molar-refractivity contribution in [3.05, 3.63) is 22.2 Å². The standard InChI is InChI=1S/C14H18BrN3O5/c1-4-22-13(19)8(2)23-12-6-10(15)9(5-11(12)21-3)7-17-18-14(16)20/h5-8H,4H2,1-3H3,(H3,16,18,20). The van der Waals surface area contributed by atoms with Crippen LogP contribution in [0.2, 0.25) is 0 Å². The minimum absolute atomic E-state index is 0.273. The first-order chi connectivity index (χ1) is 10.9. The van der Waals surface area contributed by atoms with Gasteiger partial charge in [0.05, 0.1) is 19.9 Å². The van der Waals surface area contributed by atoms with E-state index in [1.165, 1.54) is 13.3 Å². The average Bonchev–Trinajstić information content (AvgIpc) is 2.49. The number of amides is 2. The van der Waals surface area contributed by atoms with Gasteiger partial charge in [-0.2, -0.15) is 5.10 Å². The first-order valence-corrected chi connectivity index (χ1v) is 7.47. The van der Waals surface area contributed by atoms with Crippen LogP contribution in [-0.2, 0) is 9.53 Å². The Hall–Kier alpha value is -2.29. The van der Waals surface area contributed by atoms with Crippen molar-refractivity contribution >= 4 is 34.1 Å². The summed E-state index contributed by atoms with van der Waals surface area (Å²) in [5, 5.41) is 3.67. The highest BCUT2D eigenvalue weighted by atomic mass is 79.9. The van der Waals surface area contributed by atoms with Gasteiger partial charge in [0.2, 0.25) is 0 Å². The van der Waals surface area contributed by atoms with E-state index in [1.807, 2.05) is 0 Å². The van der Waals surface area contributed by atoms with Crippen molar-refractivity contribution in [2.24, 2.45) is 10.8 Å². The number of nitrogens with one attached hydrogen (secondary N) is 1. The Morgan fingerprint density at radius 2 is 2.13 bits per heavy atom. The minimum Gasteiger partial charge on any atom is -0.493 e. The lowest BCUT2D eigenvalue weighted by Gasteiger charge is -2.16. The number of nitrogens with zero attached hydrogens (tertiary/aromatic N) is 1. The third kappa shape index (κ3) is 5.78. The second kappa shape index (κ2) is 8.99. The molecule has 1 unspecified atom stereocenters. The molecule has 0 bridgehead atoms. The summed E-state index contributed by atoms with van der Waals surface area (Å²) in [5.74, 6) is 0.284. The molecular weight excluding hydrogens is 370 g/mol. The number of hydrazone groups is 1. The van der Waals surface area contributed by atoms with Crippen molar-refractivity contribution in [2.75, 3.05) is 13.7 Å². The molecule has 0 aliphatic heterocycles. The summed E-state index contributed by atoms with van der Waals surface area (Å²) in [6, 6.07) is 2.48. The summed E-state index contributed by atoms with van der Waals surface area (Å²) >= 11 is 3.35. The van der Waals surface area contributed by atoms with E-state index in [1.54, 1.807) is 26.0 Å². The Morgan fingerprint density at radius 3 is 2.70 bits per heavy atom. The number of carbonyl (C=O) groups excluding carboxylic acids is 2. The highest BCUT2D eigenvalue weighted by molar-refractivity contribution is 9.10.